The van der Waals surface area contributed by atoms with E-state index < -0.39 is 0 Å². The van der Waals surface area contributed by atoms with Crippen LogP contribution in [-0.4, -0.2) is 6.04 Å². The van der Waals surface area contributed by atoms with Gasteiger partial charge in [0.05, 0.1) is 6.04 Å². The maximum Gasteiger partial charge on any atom is 0.0629 e. The van der Waals surface area contributed by atoms with E-state index in [9.17, 15) is 0 Å². The average Bonchev–Trinajstić information content (AvgIpc) is 3.74. The Labute approximate surface area is 303 Å². The number of thiophene rings is 1. The molecule has 0 bridgehead atoms. The Morgan fingerprint density at radius 3 is 2.22 bits per heavy atom. The molecule has 244 valence electrons. The first kappa shape index (κ1) is 30.2. The van der Waals surface area contributed by atoms with Crippen LogP contribution in [0.4, 0.5) is 11.4 Å². The summed E-state index contributed by atoms with van der Waals surface area (Å²) >= 11 is 1.90. The minimum Gasteiger partial charge on any atom is -0.333 e. The maximum atomic E-state index is 2.58. The van der Waals surface area contributed by atoms with E-state index in [1.807, 2.05) is 11.3 Å². The molecule has 2 atom stereocenters. The van der Waals surface area contributed by atoms with E-state index in [1.165, 1.54) is 92.0 Å². The van der Waals surface area contributed by atoms with Crippen LogP contribution in [0.3, 0.4) is 0 Å². The Hall–Kier alpha value is -5.70. The van der Waals surface area contributed by atoms with E-state index in [0.29, 0.717) is 5.92 Å². The molecule has 2 aliphatic rings. The zero-order chi connectivity index (χ0) is 34.1. The van der Waals surface area contributed by atoms with Crippen molar-refractivity contribution in [2.75, 3.05) is 4.90 Å². The van der Waals surface area contributed by atoms with Gasteiger partial charge in [0.2, 0.25) is 0 Å². The van der Waals surface area contributed by atoms with Crippen LogP contribution in [0, 0.1) is 0 Å². The Morgan fingerprint density at radius 2 is 1.37 bits per heavy atom. The van der Waals surface area contributed by atoms with Crippen LogP contribution in [0.2, 0.25) is 0 Å². The summed E-state index contributed by atoms with van der Waals surface area (Å²) in [6.07, 6.45) is 12.6. The molecule has 2 heterocycles. The molecule has 2 unspecified atom stereocenters. The molecule has 1 aliphatic heterocycles. The molecule has 0 saturated heterocycles. The van der Waals surface area contributed by atoms with E-state index in [-0.39, 0.29) is 6.04 Å². The molecule has 8 aromatic rings. The van der Waals surface area contributed by atoms with E-state index in [2.05, 4.69) is 183 Å². The molecule has 0 radical (unpaired) electrons. The lowest BCUT2D eigenvalue weighted by molar-refractivity contribution is 0.744. The average molecular weight is 672 g/mol. The smallest absolute Gasteiger partial charge is 0.0629 e. The number of anilines is 2. The van der Waals surface area contributed by atoms with Gasteiger partial charge < -0.3 is 4.90 Å². The third kappa shape index (κ3) is 4.74. The van der Waals surface area contributed by atoms with Crippen LogP contribution in [0.5, 0.6) is 0 Å². The largest absolute Gasteiger partial charge is 0.333 e. The Balaban J connectivity index is 1.10. The van der Waals surface area contributed by atoms with Crippen molar-refractivity contribution in [1.29, 1.82) is 0 Å². The molecule has 2 heteroatoms. The van der Waals surface area contributed by atoms with Gasteiger partial charge in [-0.15, -0.1) is 11.3 Å². The zero-order valence-electron chi connectivity index (χ0n) is 28.8. The molecule has 1 aliphatic carbocycles. The molecule has 0 spiro atoms. The van der Waals surface area contributed by atoms with Gasteiger partial charge in [0.1, 0.15) is 0 Å². The third-order valence-electron chi connectivity index (χ3n) is 11.1. The molecule has 7 aromatic carbocycles. The zero-order valence-corrected chi connectivity index (χ0v) is 29.6. The summed E-state index contributed by atoms with van der Waals surface area (Å²) in [4.78, 5) is 2.58. The number of aryl methyl sites for hydroxylation is 1. The quantitative estimate of drug-likeness (QED) is 0.130. The summed E-state index contributed by atoms with van der Waals surface area (Å²) in [7, 11) is 0. The standard InChI is InChI=1S/C49H37NS/c1-3-35-37-16-4-5-17-38(37)39-18-6-7-19-40(39)45(35)28-31(2)32-14-12-15-34(29-32)50-46-24-10-8-20-41(46)42-27-26-33(30-47(42)50)36-22-13-23-44-43-21-9-11-25-48(43)51-49(36)44/h4-30,41,46H,3H2,1-2H3. The second-order valence-corrected chi connectivity index (χ2v) is 15.0. The minimum atomic E-state index is 0.232. The SMILES string of the molecule is CCc1c(C=C(C)c2cccc(N3c4cc(-c5cccc6c5sc5ccccc56)ccc4C4C=CC=CC43)c2)c2ccccc2c2ccccc12. The molecule has 0 N–H and O–H groups in total. The van der Waals surface area contributed by atoms with E-state index in [0.717, 1.165) is 6.42 Å². The van der Waals surface area contributed by atoms with Crippen molar-refractivity contribution in [2.45, 2.75) is 32.2 Å². The van der Waals surface area contributed by atoms with Crippen LogP contribution in [0.15, 0.2) is 158 Å². The Kier molecular flexibility index (Phi) is 7.08. The molecule has 1 aromatic heterocycles. The van der Waals surface area contributed by atoms with Crippen molar-refractivity contribution >= 4 is 76.1 Å². The van der Waals surface area contributed by atoms with Gasteiger partial charge in [-0.2, -0.15) is 0 Å². The molecule has 1 nitrogen and oxygen atoms in total. The highest BCUT2D eigenvalue weighted by Gasteiger charge is 2.37. The van der Waals surface area contributed by atoms with Gasteiger partial charge in [-0.05, 0) is 98.1 Å². The first-order valence-corrected chi connectivity index (χ1v) is 18.9. The topological polar surface area (TPSA) is 3.24 Å². The van der Waals surface area contributed by atoms with Crippen molar-refractivity contribution in [3.63, 3.8) is 0 Å². The van der Waals surface area contributed by atoms with Crippen LogP contribution >= 0.6 is 11.3 Å². The van der Waals surface area contributed by atoms with Crippen LogP contribution in [0.25, 0.3) is 64.5 Å². The summed E-state index contributed by atoms with van der Waals surface area (Å²) in [6.45, 7) is 4.56. The van der Waals surface area contributed by atoms with Crippen molar-refractivity contribution < 1.29 is 0 Å². The van der Waals surface area contributed by atoms with E-state index in [1.54, 1.807) is 0 Å². The number of rotatable bonds is 5. The van der Waals surface area contributed by atoms with Gasteiger partial charge >= 0.3 is 0 Å². The number of hydrogen-bond acceptors (Lipinski definition) is 2. The predicted octanol–water partition coefficient (Wildman–Crippen LogP) is 13.9. The number of hydrogen-bond donors (Lipinski definition) is 0. The van der Waals surface area contributed by atoms with Crippen LogP contribution in [-0.2, 0) is 6.42 Å². The van der Waals surface area contributed by atoms with Crippen LogP contribution < -0.4 is 4.90 Å². The van der Waals surface area contributed by atoms with Gasteiger partial charge in [-0.25, -0.2) is 0 Å². The number of allylic oxidation sites excluding steroid dienone is 3. The van der Waals surface area contributed by atoms with Crippen molar-refractivity contribution in [3.8, 4) is 11.1 Å². The summed E-state index contributed by atoms with van der Waals surface area (Å²) in [5.74, 6) is 0.315. The third-order valence-corrected chi connectivity index (χ3v) is 12.4. The Bertz CT molecular complexity index is 2770. The molecular formula is C49H37NS. The summed E-state index contributed by atoms with van der Waals surface area (Å²) in [5, 5.41) is 8.00. The van der Waals surface area contributed by atoms with Crippen molar-refractivity contribution in [3.05, 3.63) is 180 Å². The lowest BCUT2D eigenvalue weighted by Gasteiger charge is -2.29. The minimum absolute atomic E-state index is 0.232. The molecule has 0 fully saturated rings. The number of benzene rings is 7. The number of nitrogens with zero attached hydrogens (tertiary/aromatic N) is 1. The molecule has 10 rings (SSSR count). The highest BCUT2D eigenvalue weighted by atomic mass is 32.1. The van der Waals surface area contributed by atoms with Gasteiger partial charge in [-0.1, -0.05) is 146 Å². The lowest BCUT2D eigenvalue weighted by atomic mass is 9.89. The summed E-state index contributed by atoms with van der Waals surface area (Å²) in [6, 6.07) is 49.9. The van der Waals surface area contributed by atoms with E-state index in [4.69, 9.17) is 0 Å². The fraction of sp³-hybridized carbons (Fsp3) is 0.102. The van der Waals surface area contributed by atoms with Gasteiger partial charge in [0.25, 0.3) is 0 Å². The normalized spacial score (nSPS) is 16.8. The fourth-order valence-electron chi connectivity index (χ4n) is 8.77. The van der Waals surface area contributed by atoms with Crippen molar-refractivity contribution in [1.82, 2.24) is 0 Å². The Morgan fingerprint density at radius 1 is 0.667 bits per heavy atom. The first-order valence-electron chi connectivity index (χ1n) is 18.1. The molecule has 0 saturated carbocycles. The van der Waals surface area contributed by atoms with Crippen LogP contribution in [0.1, 0.15) is 42.0 Å². The highest BCUT2D eigenvalue weighted by Crippen LogP contribution is 2.50. The molecule has 0 amide bonds. The first-order chi connectivity index (χ1) is 25.2. The number of fused-ring (bicyclic) bond motifs is 9. The van der Waals surface area contributed by atoms with Gasteiger partial charge in [0.15, 0.2) is 0 Å². The lowest BCUT2D eigenvalue weighted by Crippen LogP contribution is -2.28. The molecule has 51 heavy (non-hydrogen) atoms. The van der Waals surface area contributed by atoms with Gasteiger partial charge in [-0.3, -0.25) is 0 Å². The van der Waals surface area contributed by atoms with Crippen molar-refractivity contribution in [2.24, 2.45) is 0 Å². The highest BCUT2D eigenvalue weighted by molar-refractivity contribution is 7.26. The van der Waals surface area contributed by atoms with Gasteiger partial charge in [0, 0.05) is 37.5 Å². The predicted molar refractivity (Wildman–Crippen MR) is 223 cm³/mol. The fourth-order valence-corrected chi connectivity index (χ4v) is 10.0. The second kappa shape index (κ2) is 12.0. The van der Waals surface area contributed by atoms with E-state index >= 15 is 0 Å². The monoisotopic (exact) mass is 671 g/mol. The summed E-state index contributed by atoms with van der Waals surface area (Å²) in [5.41, 5.74) is 11.8. The summed E-state index contributed by atoms with van der Waals surface area (Å²) < 4.78 is 2.70. The second-order valence-electron chi connectivity index (χ2n) is 13.9. The maximum absolute atomic E-state index is 2.58. The molecular weight excluding hydrogens is 635 g/mol.